The first-order valence-corrected chi connectivity index (χ1v) is 5.83. The summed E-state index contributed by atoms with van der Waals surface area (Å²) in [5.74, 6) is -1.35. The van der Waals surface area contributed by atoms with Crippen LogP contribution >= 0.6 is 0 Å². The molecule has 0 aromatic rings. The predicted octanol–water partition coefficient (Wildman–Crippen LogP) is -0.698. The van der Waals surface area contributed by atoms with Crippen molar-refractivity contribution in [2.75, 3.05) is 26.3 Å². The second kappa shape index (κ2) is 8.30. The fourth-order valence-electron chi connectivity index (χ4n) is 1.08. The first kappa shape index (κ1) is 17.2. The van der Waals surface area contributed by atoms with E-state index in [1.807, 2.05) is 20.8 Å². The first-order chi connectivity index (χ1) is 8.70. The molecule has 110 valence electrons. The van der Waals surface area contributed by atoms with Crippen LogP contribution in [0.25, 0.3) is 0 Å². The molecule has 0 aromatic carbocycles. The number of carbonyl (C=O) groups is 3. The van der Waals surface area contributed by atoms with Gasteiger partial charge < -0.3 is 25.8 Å². The average Bonchev–Trinajstić information content (AvgIpc) is 2.23. The van der Waals surface area contributed by atoms with E-state index in [2.05, 4.69) is 16.0 Å². The van der Waals surface area contributed by atoms with Crippen molar-refractivity contribution in [1.29, 1.82) is 0 Å². The summed E-state index contributed by atoms with van der Waals surface area (Å²) < 4.78 is 4.72. The van der Waals surface area contributed by atoms with Gasteiger partial charge in [0.1, 0.15) is 6.61 Å². The second-order valence-corrected chi connectivity index (χ2v) is 4.85. The second-order valence-electron chi connectivity index (χ2n) is 4.85. The van der Waals surface area contributed by atoms with Crippen LogP contribution in [0.3, 0.4) is 0 Å². The molecule has 0 aliphatic rings. The molecule has 3 amide bonds. The lowest BCUT2D eigenvalue weighted by Gasteiger charge is -2.20. The highest BCUT2D eigenvalue weighted by Crippen LogP contribution is 1.96. The maximum Gasteiger partial charge on any atom is 0.329 e. The molecule has 4 N–H and O–H groups in total. The Kier molecular flexibility index (Phi) is 7.50. The normalized spacial score (nSPS) is 10.7. The zero-order chi connectivity index (χ0) is 14.9. The van der Waals surface area contributed by atoms with Crippen LogP contribution in [0.2, 0.25) is 0 Å². The van der Waals surface area contributed by atoms with Crippen LogP contribution in [-0.4, -0.2) is 54.9 Å². The Balaban J connectivity index is 3.59. The van der Waals surface area contributed by atoms with Crippen molar-refractivity contribution in [2.24, 2.45) is 0 Å². The topological polar surface area (TPSA) is 117 Å². The molecular formula is C11H21N3O5. The predicted molar refractivity (Wildman–Crippen MR) is 67.8 cm³/mol. The molecule has 0 saturated heterocycles. The van der Waals surface area contributed by atoms with Crippen LogP contribution in [0, 0.1) is 0 Å². The molecular weight excluding hydrogens is 254 g/mol. The molecule has 8 nitrogen and oxygen atoms in total. The standard InChI is InChI=1S/C11H21N3O5/c1-11(2,3)14-8(15)6-13-10(18)12-4-5-19-7-9(16)17/h4-7H2,1-3H3,(H,14,15)(H,16,17)(H2,12,13,18). The van der Waals surface area contributed by atoms with Crippen LogP contribution in [0.15, 0.2) is 0 Å². The molecule has 0 saturated carbocycles. The zero-order valence-corrected chi connectivity index (χ0v) is 11.4. The Morgan fingerprint density at radius 1 is 1.16 bits per heavy atom. The summed E-state index contributed by atoms with van der Waals surface area (Å²) in [5.41, 5.74) is -0.347. The van der Waals surface area contributed by atoms with Gasteiger partial charge in [-0.1, -0.05) is 0 Å². The quantitative estimate of drug-likeness (QED) is 0.458. The average molecular weight is 275 g/mol. The number of aliphatic carboxylic acids is 1. The van der Waals surface area contributed by atoms with Crippen LogP contribution in [0.4, 0.5) is 4.79 Å². The summed E-state index contributed by atoms with van der Waals surface area (Å²) in [4.78, 5) is 32.7. The van der Waals surface area contributed by atoms with Crippen LogP contribution in [-0.2, 0) is 14.3 Å². The summed E-state index contributed by atoms with van der Waals surface area (Å²) in [7, 11) is 0. The lowest BCUT2D eigenvalue weighted by Crippen LogP contribution is -2.48. The fourth-order valence-corrected chi connectivity index (χ4v) is 1.08. The number of nitrogens with one attached hydrogen (secondary N) is 3. The summed E-state index contributed by atoms with van der Waals surface area (Å²) in [6.07, 6.45) is 0. The summed E-state index contributed by atoms with van der Waals surface area (Å²) in [6, 6.07) is -0.511. The van der Waals surface area contributed by atoms with E-state index in [9.17, 15) is 14.4 Å². The molecule has 0 bridgehead atoms. The van der Waals surface area contributed by atoms with Crippen molar-refractivity contribution in [3.8, 4) is 0 Å². The van der Waals surface area contributed by atoms with Gasteiger partial charge in [-0.2, -0.15) is 0 Å². The summed E-state index contributed by atoms with van der Waals surface area (Å²) in [5, 5.41) is 15.8. The Bertz CT molecular complexity index is 325. The monoisotopic (exact) mass is 275 g/mol. The number of ether oxygens (including phenoxy) is 1. The van der Waals surface area contributed by atoms with Crippen molar-refractivity contribution in [2.45, 2.75) is 26.3 Å². The minimum Gasteiger partial charge on any atom is -0.480 e. The van der Waals surface area contributed by atoms with E-state index in [1.165, 1.54) is 0 Å². The van der Waals surface area contributed by atoms with Crippen molar-refractivity contribution in [1.82, 2.24) is 16.0 Å². The Morgan fingerprint density at radius 2 is 1.79 bits per heavy atom. The maximum atomic E-state index is 11.4. The number of amides is 3. The van der Waals surface area contributed by atoms with Gasteiger partial charge in [0.05, 0.1) is 13.2 Å². The van der Waals surface area contributed by atoms with E-state index in [4.69, 9.17) is 9.84 Å². The fraction of sp³-hybridized carbons (Fsp3) is 0.727. The number of carbonyl (C=O) groups excluding carboxylic acids is 2. The lowest BCUT2D eigenvalue weighted by atomic mass is 10.1. The first-order valence-electron chi connectivity index (χ1n) is 5.83. The Morgan fingerprint density at radius 3 is 2.32 bits per heavy atom. The van der Waals surface area contributed by atoms with Gasteiger partial charge in [-0.25, -0.2) is 9.59 Å². The van der Waals surface area contributed by atoms with Crippen molar-refractivity contribution in [3.63, 3.8) is 0 Å². The molecule has 0 atom stereocenters. The van der Waals surface area contributed by atoms with Crippen molar-refractivity contribution >= 4 is 17.9 Å². The largest absolute Gasteiger partial charge is 0.480 e. The minimum atomic E-state index is -1.07. The van der Waals surface area contributed by atoms with Gasteiger partial charge in [0.25, 0.3) is 0 Å². The summed E-state index contributed by atoms with van der Waals surface area (Å²) >= 11 is 0. The van der Waals surface area contributed by atoms with Gasteiger partial charge in [-0.05, 0) is 20.8 Å². The van der Waals surface area contributed by atoms with Crippen LogP contribution < -0.4 is 16.0 Å². The van der Waals surface area contributed by atoms with Gasteiger partial charge >= 0.3 is 12.0 Å². The Hall–Kier alpha value is -1.83. The highest BCUT2D eigenvalue weighted by atomic mass is 16.5. The number of urea groups is 1. The number of carboxylic acid groups (broad SMARTS) is 1. The molecule has 0 fully saturated rings. The van der Waals surface area contributed by atoms with E-state index in [-0.39, 0.29) is 31.1 Å². The Labute approximate surface area is 111 Å². The van der Waals surface area contributed by atoms with Gasteiger partial charge in [0, 0.05) is 12.1 Å². The van der Waals surface area contributed by atoms with E-state index in [0.29, 0.717) is 0 Å². The molecule has 0 spiro atoms. The van der Waals surface area contributed by atoms with E-state index in [0.717, 1.165) is 0 Å². The lowest BCUT2D eigenvalue weighted by molar-refractivity contribution is -0.142. The van der Waals surface area contributed by atoms with Gasteiger partial charge in [0.2, 0.25) is 5.91 Å². The van der Waals surface area contributed by atoms with E-state index < -0.39 is 18.6 Å². The minimum absolute atomic E-state index is 0.0912. The zero-order valence-electron chi connectivity index (χ0n) is 11.4. The number of hydrogen-bond donors (Lipinski definition) is 4. The molecule has 0 aliphatic carbocycles. The SMILES string of the molecule is CC(C)(C)NC(=O)CNC(=O)NCCOCC(=O)O. The van der Waals surface area contributed by atoms with E-state index in [1.54, 1.807) is 0 Å². The molecule has 0 radical (unpaired) electrons. The van der Waals surface area contributed by atoms with Gasteiger partial charge in [0.15, 0.2) is 0 Å². The molecule has 19 heavy (non-hydrogen) atoms. The highest BCUT2D eigenvalue weighted by molar-refractivity contribution is 5.84. The highest BCUT2D eigenvalue weighted by Gasteiger charge is 2.13. The number of hydrogen-bond acceptors (Lipinski definition) is 4. The molecule has 0 heterocycles. The molecule has 0 aliphatic heterocycles. The molecule has 8 heteroatoms. The van der Waals surface area contributed by atoms with Crippen molar-refractivity contribution in [3.05, 3.63) is 0 Å². The smallest absolute Gasteiger partial charge is 0.329 e. The molecule has 0 unspecified atom stereocenters. The van der Waals surface area contributed by atoms with Crippen LogP contribution in [0.5, 0.6) is 0 Å². The molecule has 0 rings (SSSR count). The number of carboxylic acids is 1. The third-order valence-electron chi connectivity index (χ3n) is 1.68. The maximum absolute atomic E-state index is 11.4. The third-order valence-corrected chi connectivity index (χ3v) is 1.68. The number of rotatable bonds is 7. The third kappa shape index (κ3) is 12.4. The molecule has 0 aromatic heterocycles. The van der Waals surface area contributed by atoms with E-state index >= 15 is 0 Å². The van der Waals surface area contributed by atoms with Gasteiger partial charge in [-0.3, -0.25) is 4.79 Å². The summed E-state index contributed by atoms with van der Waals surface area (Å²) in [6.45, 7) is 5.24. The van der Waals surface area contributed by atoms with Crippen molar-refractivity contribution < 1.29 is 24.2 Å². The van der Waals surface area contributed by atoms with Gasteiger partial charge in [-0.15, -0.1) is 0 Å². The van der Waals surface area contributed by atoms with Crippen LogP contribution in [0.1, 0.15) is 20.8 Å².